The van der Waals surface area contributed by atoms with Crippen molar-refractivity contribution in [2.24, 2.45) is 0 Å². The molecule has 0 radical (unpaired) electrons. The first-order valence-corrected chi connectivity index (χ1v) is 11.4. The second-order valence-electron chi connectivity index (χ2n) is 8.90. The third-order valence-electron chi connectivity index (χ3n) is 6.26. The van der Waals surface area contributed by atoms with Crippen LogP contribution < -0.4 is 19.5 Å². The minimum absolute atomic E-state index is 0.0256. The van der Waals surface area contributed by atoms with Crippen LogP contribution >= 0.6 is 0 Å². The van der Waals surface area contributed by atoms with Gasteiger partial charge in [0.05, 0.1) is 17.7 Å². The van der Waals surface area contributed by atoms with Gasteiger partial charge in [-0.15, -0.1) is 8.78 Å². The highest BCUT2D eigenvalue weighted by molar-refractivity contribution is 6.01. The minimum atomic E-state index is -3.72. The average molecular weight is 498 g/mol. The van der Waals surface area contributed by atoms with Gasteiger partial charge in [-0.25, -0.2) is 4.98 Å². The van der Waals surface area contributed by atoms with E-state index in [1.807, 2.05) is 25.1 Å². The van der Waals surface area contributed by atoms with E-state index in [9.17, 15) is 18.7 Å². The lowest BCUT2D eigenvalue weighted by Crippen LogP contribution is -2.28. The van der Waals surface area contributed by atoms with Gasteiger partial charge in [0.1, 0.15) is 24.3 Å². The van der Waals surface area contributed by atoms with E-state index in [4.69, 9.17) is 9.84 Å². The second kappa shape index (κ2) is 9.03. The maximum atomic E-state index is 13.4. The highest BCUT2D eigenvalue weighted by Gasteiger charge is 2.53. The first kappa shape index (κ1) is 24.0. The predicted octanol–water partition coefficient (Wildman–Crippen LogP) is 3.78. The maximum Gasteiger partial charge on any atom is 0.586 e. The Morgan fingerprint density at radius 2 is 1.83 bits per heavy atom. The summed E-state index contributed by atoms with van der Waals surface area (Å²) in [4.78, 5) is 17.8. The topological polar surface area (TPSA) is 110 Å². The van der Waals surface area contributed by atoms with Crippen molar-refractivity contribution in [2.75, 3.05) is 18.5 Å². The van der Waals surface area contributed by atoms with Gasteiger partial charge in [-0.1, -0.05) is 12.1 Å². The van der Waals surface area contributed by atoms with Crippen molar-refractivity contribution in [3.8, 4) is 28.5 Å². The van der Waals surface area contributed by atoms with E-state index in [-0.39, 0.29) is 30.6 Å². The van der Waals surface area contributed by atoms with Crippen LogP contribution in [0.15, 0.2) is 54.6 Å². The minimum Gasteiger partial charge on any atom is -0.491 e. The number of aromatic nitrogens is 1. The Bertz CT molecular complexity index is 1290. The highest BCUT2D eigenvalue weighted by atomic mass is 19.3. The molecule has 5 rings (SSSR count). The first-order valence-electron chi connectivity index (χ1n) is 11.4. The number of aryl methyl sites for hydroxylation is 1. The number of pyridine rings is 1. The van der Waals surface area contributed by atoms with Gasteiger partial charge < -0.3 is 29.7 Å². The van der Waals surface area contributed by atoms with Crippen molar-refractivity contribution in [1.29, 1.82) is 0 Å². The number of nitrogens with one attached hydrogen (secondary N) is 1. The number of benzene rings is 2. The molecular weight excluding hydrogens is 474 g/mol. The van der Waals surface area contributed by atoms with Crippen LogP contribution in [-0.2, 0) is 10.2 Å². The number of carbonyl (C=O) groups is 1. The molecule has 10 heteroatoms. The molecule has 2 aromatic carbocycles. The van der Waals surface area contributed by atoms with Crippen LogP contribution in [-0.4, -0.2) is 46.7 Å². The summed E-state index contributed by atoms with van der Waals surface area (Å²) in [7, 11) is 0. The molecule has 2 heterocycles. The molecule has 0 unspecified atom stereocenters. The summed E-state index contributed by atoms with van der Waals surface area (Å²) >= 11 is 0. The monoisotopic (exact) mass is 498 g/mol. The van der Waals surface area contributed by atoms with Gasteiger partial charge in [0.15, 0.2) is 11.5 Å². The van der Waals surface area contributed by atoms with E-state index in [1.54, 1.807) is 24.3 Å². The number of hydrogen-bond acceptors (Lipinski definition) is 7. The van der Waals surface area contributed by atoms with Crippen LogP contribution in [0.5, 0.6) is 17.2 Å². The number of carbonyl (C=O) groups excluding carboxylic acids is 1. The smallest absolute Gasteiger partial charge is 0.491 e. The molecule has 1 amide bonds. The zero-order valence-electron chi connectivity index (χ0n) is 19.3. The Morgan fingerprint density at radius 1 is 1.11 bits per heavy atom. The number of aliphatic hydroxyl groups is 2. The first-order chi connectivity index (χ1) is 17.2. The molecule has 1 fully saturated rings. The van der Waals surface area contributed by atoms with Crippen LogP contribution in [0.3, 0.4) is 0 Å². The number of amides is 1. The number of fused-ring (bicyclic) bond motifs is 1. The molecule has 1 aliphatic carbocycles. The Labute approximate surface area is 205 Å². The molecule has 188 valence electrons. The summed E-state index contributed by atoms with van der Waals surface area (Å²) < 4.78 is 41.2. The Hall–Kier alpha value is -3.76. The lowest BCUT2D eigenvalue weighted by molar-refractivity contribution is -0.286. The third kappa shape index (κ3) is 4.69. The zero-order chi connectivity index (χ0) is 25.5. The quantitative estimate of drug-likeness (QED) is 0.434. The molecule has 1 saturated carbocycles. The summed E-state index contributed by atoms with van der Waals surface area (Å²) in [6.45, 7) is 1.49. The Balaban J connectivity index is 1.31. The molecule has 0 spiro atoms. The van der Waals surface area contributed by atoms with Crippen molar-refractivity contribution < 1.29 is 38.0 Å². The lowest BCUT2D eigenvalue weighted by Gasteiger charge is -2.17. The molecule has 0 saturated heterocycles. The number of hydrogen-bond donors (Lipinski definition) is 3. The van der Waals surface area contributed by atoms with E-state index in [1.165, 1.54) is 12.1 Å². The molecule has 0 bridgehead atoms. The van der Waals surface area contributed by atoms with Crippen molar-refractivity contribution in [2.45, 2.75) is 37.6 Å². The number of aliphatic hydroxyl groups excluding tert-OH is 2. The van der Waals surface area contributed by atoms with Crippen molar-refractivity contribution in [3.63, 3.8) is 0 Å². The van der Waals surface area contributed by atoms with Gasteiger partial charge in [-0.2, -0.15) is 0 Å². The van der Waals surface area contributed by atoms with Crippen molar-refractivity contribution in [1.82, 2.24) is 4.98 Å². The van der Waals surface area contributed by atoms with Crippen LogP contribution in [0.25, 0.3) is 11.3 Å². The fourth-order valence-corrected chi connectivity index (χ4v) is 4.10. The molecule has 1 atom stereocenters. The maximum absolute atomic E-state index is 13.4. The number of anilines is 1. The fourth-order valence-electron chi connectivity index (χ4n) is 4.10. The Kier molecular flexibility index (Phi) is 6.01. The van der Waals surface area contributed by atoms with Gasteiger partial charge in [-0.05, 0) is 73.4 Å². The molecule has 2 aliphatic rings. The van der Waals surface area contributed by atoms with Gasteiger partial charge in [0, 0.05) is 5.56 Å². The summed E-state index contributed by atoms with van der Waals surface area (Å²) in [6, 6.07) is 15.1. The van der Waals surface area contributed by atoms with Gasteiger partial charge >= 0.3 is 6.29 Å². The van der Waals surface area contributed by atoms with Crippen LogP contribution in [0.1, 0.15) is 24.0 Å². The molecule has 36 heavy (non-hydrogen) atoms. The van der Waals surface area contributed by atoms with E-state index < -0.39 is 17.8 Å². The van der Waals surface area contributed by atoms with Crippen LogP contribution in [0.2, 0.25) is 0 Å². The normalized spacial score (nSPS) is 17.4. The molecule has 8 nitrogen and oxygen atoms in total. The van der Waals surface area contributed by atoms with Crippen LogP contribution in [0.4, 0.5) is 14.6 Å². The number of nitrogens with zero attached hydrogens (tertiary/aromatic N) is 1. The lowest BCUT2D eigenvalue weighted by atomic mass is 9.94. The highest BCUT2D eigenvalue weighted by Crippen LogP contribution is 2.52. The van der Waals surface area contributed by atoms with Crippen molar-refractivity contribution in [3.05, 3.63) is 65.7 Å². The predicted molar refractivity (Wildman–Crippen MR) is 125 cm³/mol. The average Bonchev–Trinajstić information content (AvgIpc) is 3.61. The summed E-state index contributed by atoms with van der Waals surface area (Å²) in [5.41, 5.74) is 2.10. The number of halogens is 2. The largest absolute Gasteiger partial charge is 0.586 e. The molecule has 3 N–H and O–H groups in total. The standard InChI is InChI=1S/C26H24F2N2O6/c1-15-2-9-22(29-23(15)16-3-6-19(7-4-16)34-14-18(32)13-31)30-24(33)25(10-11-25)17-5-8-20-21(12-17)36-26(27,28)35-20/h2-9,12,18,31-32H,10-11,13-14H2,1H3,(H,29,30,33)/t18-/m0/s1. The zero-order valence-corrected chi connectivity index (χ0v) is 19.3. The van der Waals surface area contributed by atoms with Crippen LogP contribution in [0, 0.1) is 6.92 Å². The summed E-state index contributed by atoms with van der Waals surface area (Å²) in [6.07, 6.45) is -3.53. The van der Waals surface area contributed by atoms with E-state index in [2.05, 4.69) is 19.8 Å². The third-order valence-corrected chi connectivity index (χ3v) is 6.26. The Morgan fingerprint density at radius 3 is 2.53 bits per heavy atom. The van der Waals surface area contributed by atoms with Gasteiger partial charge in [-0.3, -0.25) is 4.79 Å². The molecule has 1 aliphatic heterocycles. The van der Waals surface area contributed by atoms with Crippen molar-refractivity contribution >= 4 is 11.7 Å². The number of ether oxygens (including phenoxy) is 3. The summed E-state index contributed by atoms with van der Waals surface area (Å²) in [5.74, 6) is 0.467. The van der Waals surface area contributed by atoms with E-state index in [0.717, 1.165) is 11.1 Å². The molecular formula is C26H24F2N2O6. The second-order valence-corrected chi connectivity index (χ2v) is 8.90. The van der Waals surface area contributed by atoms with E-state index in [0.29, 0.717) is 35.7 Å². The number of alkyl halides is 2. The molecule has 1 aromatic heterocycles. The van der Waals surface area contributed by atoms with E-state index >= 15 is 0 Å². The van der Waals surface area contributed by atoms with Gasteiger partial charge in [0.2, 0.25) is 5.91 Å². The SMILES string of the molecule is Cc1ccc(NC(=O)C2(c3ccc4c(c3)OC(F)(F)O4)CC2)nc1-c1ccc(OC[C@@H](O)CO)cc1. The molecule has 3 aromatic rings. The number of rotatable bonds is 8. The summed E-state index contributed by atoms with van der Waals surface area (Å²) in [5, 5.41) is 21.2. The fraction of sp³-hybridized carbons (Fsp3) is 0.308. The van der Waals surface area contributed by atoms with Gasteiger partial charge in [0.25, 0.3) is 0 Å².